The molecule has 0 saturated heterocycles. The molecule has 1 atom stereocenters. The fourth-order valence-electron chi connectivity index (χ4n) is 2.36. The predicted molar refractivity (Wildman–Crippen MR) is 91.5 cm³/mol. The molecule has 0 fully saturated rings. The number of carbonyl (C=O) groups excluding carboxylic acids is 1. The van der Waals surface area contributed by atoms with Crippen molar-refractivity contribution < 1.29 is 9.53 Å². The molecule has 1 aromatic rings. The van der Waals surface area contributed by atoms with Crippen molar-refractivity contribution in [2.24, 2.45) is 0 Å². The number of hydrogen-bond donors (Lipinski definition) is 0. The van der Waals surface area contributed by atoms with Crippen LogP contribution in [0.4, 0.5) is 0 Å². The van der Waals surface area contributed by atoms with Gasteiger partial charge < -0.3 is 4.74 Å². The Balaban J connectivity index is 2.25. The van der Waals surface area contributed by atoms with Crippen LogP contribution < -0.4 is 0 Å². The van der Waals surface area contributed by atoms with Crippen LogP contribution in [0, 0.1) is 19.3 Å². The van der Waals surface area contributed by atoms with Crippen molar-refractivity contribution in [3.63, 3.8) is 0 Å². The SMILES string of the molecule is C#CC(OC(=O)CCCCCCCCC)c1ccc(C)cc1. The van der Waals surface area contributed by atoms with Gasteiger partial charge in [-0.15, -0.1) is 6.42 Å². The van der Waals surface area contributed by atoms with Crippen molar-refractivity contribution in [2.75, 3.05) is 0 Å². The van der Waals surface area contributed by atoms with Gasteiger partial charge in [-0.2, -0.15) is 0 Å². The summed E-state index contributed by atoms with van der Waals surface area (Å²) in [5.41, 5.74) is 2.02. The van der Waals surface area contributed by atoms with Crippen LogP contribution in [0.3, 0.4) is 0 Å². The quantitative estimate of drug-likeness (QED) is 0.330. The molecule has 0 amide bonds. The Kier molecular flexibility index (Phi) is 9.07. The molecule has 2 heteroatoms. The van der Waals surface area contributed by atoms with E-state index < -0.39 is 6.10 Å². The minimum absolute atomic E-state index is 0.197. The molecule has 0 aliphatic heterocycles. The van der Waals surface area contributed by atoms with E-state index in [0.717, 1.165) is 24.0 Å². The Morgan fingerprint density at radius 3 is 2.27 bits per heavy atom. The zero-order valence-electron chi connectivity index (χ0n) is 13.9. The number of rotatable bonds is 10. The maximum Gasteiger partial charge on any atom is 0.307 e. The predicted octanol–water partition coefficient (Wildman–Crippen LogP) is 5.35. The molecule has 1 aromatic carbocycles. The second kappa shape index (κ2) is 10.9. The van der Waals surface area contributed by atoms with Crippen LogP contribution >= 0.6 is 0 Å². The van der Waals surface area contributed by atoms with Gasteiger partial charge in [0.15, 0.2) is 6.10 Å². The second-order valence-corrected chi connectivity index (χ2v) is 5.82. The summed E-state index contributed by atoms with van der Waals surface area (Å²) in [5, 5.41) is 0. The van der Waals surface area contributed by atoms with Crippen LogP contribution in [-0.2, 0) is 9.53 Å². The minimum atomic E-state index is -0.572. The highest BCUT2D eigenvalue weighted by molar-refractivity contribution is 5.70. The van der Waals surface area contributed by atoms with Crippen molar-refractivity contribution in [2.45, 2.75) is 71.3 Å². The van der Waals surface area contributed by atoms with Crippen molar-refractivity contribution in [3.8, 4) is 12.3 Å². The monoisotopic (exact) mass is 300 g/mol. The average Bonchev–Trinajstić information content (AvgIpc) is 2.52. The van der Waals surface area contributed by atoms with Gasteiger partial charge in [-0.25, -0.2) is 0 Å². The Hall–Kier alpha value is -1.75. The molecule has 1 unspecified atom stereocenters. The van der Waals surface area contributed by atoms with E-state index in [1.165, 1.54) is 32.1 Å². The van der Waals surface area contributed by atoms with E-state index in [9.17, 15) is 4.79 Å². The van der Waals surface area contributed by atoms with Crippen molar-refractivity contribution >= 4 is 5.97 Å². The zero-order valence-corrected chi connectivity index (χ0v) is 13.9. The molecule has 0 N–H and O–H groups in total. The normalized spacial score (nSPS) is 11.7. The van der Waals surface area contributed by atoms with Gasteiger partial charge in [0.1, 0.15) is 0 Å². The summed E-state index contributed by atoms with van der Waals surface area (Å²) in [6.45, 7) is 4.23. The molecule has 0 aliphatic rings. The molecule has 0 saturated carbocycles. The van der Waals surface area contributed by atoms with Gasteiger partial charge in [-0.1, -0.05) is 81.2 Å². The molecule has 0 bridgehead atoms. The molecular formula is C20H28O2. The summed E-state index contributed by atoms with van der Waals surface area (Å²) < 4.78 is 5.40. The third-order valence-corrected chi connectivity index (χ3v) is 3.77. The van der Waals surface area contributed by atoms with Crippen LogP contribution in [-0.4, -0.2) is 5.97 Å². The number of aryl methyl sites for hydroxylation is 1. The Bertz CT molecular complexity index is 467. The van der Waals surface area contributed by atoms with Gasteiger partial charge in [-0.3, -0.25) is 4.79 Å². The molecule has 0 heterocycles. The fraction of sp³-hybridized carbons (Fsp3) is 0.550. The first-order valence-corrected chi connectivity index (χ1v) is 8.39. The van der Waals surface area contributed by atoms with E-state index in [1.54, 1.807) is 0 Å². The smallest absolute Gasteiger partial charge is 0.307 e. The summed E-state index contributed by atoms with van der Waals surface area (Å²) in [5.74, 6) is 2.35. The van der Waals surface area contributed by atoms with E-state index in [-0.39, 0.29) is 5.97 Å². The highest BCUT2D eigenvalue weighted by Gasteiger charge is 2.13. The zero-order chi connectivity index (χ0) is 16.2. The molecule has 22 heavy (non-hydrogen) atoms. The van der Waals surface area contributed by atoms with Gasteiger partial charge >= 0.3 is 5.97 Å². The minimum Gasteiger partial charge on any atom is -0.444 e. The van der Waals surface area contributed by atoms with Crippen LogP contribution in [0.2, 0.25) is 0 Å². The lowest BCUT2D eigenvalue weighted by Gasteiger charge is -2.13. The highest BCUT2D eigenvalue weighted by Crippen LogP contribution is 2.18. The third kappa shape index (κ3) is 7.31. The van der Waals surface area contributed by atoms with Crippen LogP contribution in [0.15, 0.2) is 24.3 Å². The summed E-state index contributed by atoms with van der Waals surface area (Å²) in [4.78, 5) is 11.9. The largest absolute Gasteiger partial charge is 0.444 e. The summed E-state index contributed by atoms with van der Waals surface area (Å²) in [6, 6.07) is 7.79. The number of terminal acetylenes is 1. The molecule has 120 valence electrons. The number of benzene rings is 1. The molecule has 0 aromatic heterocycles. The van der Waals surface area contributed by atoms with Crippen LogP contribution in [0.25, 0.3) is 0 Å². The first-order valence-electron chi connectivity index (χ1n) is 8.39. The van der Waals surface area contributed by atoms with E-state index in [2.05, 4.69) is 12.8 Å². The second-order valence-electron chi connectivity index (χ2n) is 5.82. The maximum absolute atomic E-state index is 11.9. The van der Waals surface area contributed by atoms with E-state index >= 15 is 0 Å². The summed E-state index contributed by atoms with van der Waals surface area (Å²) >= 11 is 0. The molecule has 0 radical (unpaired) electrons. The molecular weight excluding hydrogens is 272 g/mol. The van der Waals surface area contributed by atoms with Crippen LogP contribution in [0.5, 0.6) is 0 Å². The number of carbonyl (C=O) groups is 1. The van der Waals surface area contributed by atoms with E-state index in [0.29, 0.717) is 6.42 Å². The molecule has 1 rings (SSSR count). The van der Waals surface area contributed by atoms with Crippen LogP contribution in [0.1, 0.15) is 75.5 Å². The lowest BCUT2D eigenvalue weighted by molar-refractivity contribution is -0.146. The van der Waals surface area contributed by atoms with E-state index in [1.807, 2.05) is 31.2 Å². The average molecular weight is 300 g/mol. The fourth-order valence-corrected chi connectivity index (χ4v) is 2.36. The van der Waals surface area contributed by atoms with Gasteiger partial charge in [0.05, 0.1) is 0 Å². The lowest BCUT2D eigenvalue weighted by atomic mass is 10.1. The van der Waals surface area contributed by atoms with Gasteiger partial charge in [0.25, 0.3) is 0 Å². The number of unbranched alkanes of at least 4 members (excludes halogenated alkanes) is 6. The third-order valence-electron chi connectivity index (χ3n) is 3.77. The summed E-state index contributed by atoms with van der Waals surface area (Å²) in [6.07, 6.45) is 13.7. The summed E-state index contributed by atoms with van der Waals surface area (Å²) in [7, 11) is 0. The molecule has 0 spiro atoms. The van der Waals surface area contributed by atoms with Crippen molar-refractivity contribution in [1.82, 2.24) is 0 Å². The topological polar surface area (TPSA) is 26.3 Å². The Labute approximate surface area is 135 Å². The lowest BCUT2D eigenvalue weighted by Crippen LogP contribution is -2.09. The number of hydrogen-bond acceptors (Lipinski definition) is 2. The molecule has 2 nitrogen and oxygen atoms in total. The number of ether oxygens (including phenoxy) is 1. The first kappa shape index (κ1) is 18.3. The Morgan fingerprint density at radius 1 is 1.09 bits per heavy atom. The van der Waals surface area contributed by atoms with Gasteiger partial charge in [-0.05, 0) is 13.3 Å². The first-order chi connectivity index (χ1) is 10.7. The van der Waals surface area contributed by atoms with Gasteiger partial charge in [0, 0.05) is 12.0 Å². The van der Waals surface area contributed by atoms with Crippen molar-refractivity contribution in [1.29, 1.82) is 0 Å². The van der Waals surface area contributed by atoms with Gasteiger partial charge in [0.2, 0.25) is 0 Å². The Morgan fingerprint density at radius 2 is 1.68 bits per heavy atom. The molecule has 0 aliphatic carbocycles. The standard InChI is InChI=1S/C20H28O2/c1-4-6-7-8-9-10-11-12-20(21)22-19(5-2)18-15-13-17(3)14-16-18/h2,13-16,19H,4,6-12H2,1,3H3. The van der Waals surface area contributed by atoms with Crippen molar-refractivity contribution in [3.05, 3.63) is 35.4 Å². The maximum atomic E-state index is 11.9. The number of esters is 1. The highest BCUT2D eigenvalue weighted by atomic mass is 16.5. The van der Waals surface area contributed by atoms with E-state index in [4.69, 9.17) is 11.2 Å².